The number of nitrogens with one attached hydrogen (secondary N) is 2. The van der Waals surface area contributed by atoms with Crippen molar-refractivity contribution in [2.75, 3.05) is 24.4 Å². The highest BCUT2D eigenvalue weighted by atomic mass is 16.5. The van der Waals surface area contributed by atoms with E-state index in [0.717, 1.165) is 0 Å². The van der Waals surface area contributed by atoms with Crippen LogP contribution < -0.4 is 15.4 Å². The Kier molecular flexibility index (Phi) is 6.68. The van der Waals surface area contributed by atoms with Crippen LogP contribution in [-0.2, 0) is 19.1 Å². The second kappa shape index (κ2) is 9.79. The molecule has 2 aromatic carbocycles. The molecule has 2 bridgehead atoms. The van der Waals surface area contributed by atoms with Crippen LogP contribution in [0.15, 0.2) is 54.6 Å². The van der Waals surface area contributed by atoms with E-state index in [1.165, 1.54) is 4.90 Å². The van der Waals surface area contributed by atoms with Crippen molar-refractivity contribution in [3.05, 3.63) is 54.6 Å². The second-order valence-electron chi connectivity index (χ2n) is 10.4. The number of amides is 3. The van der Waals surface area contributed by atoms with Crippen LogP contribution in [0.25, 0.3) is 0 Å². The van der Waals surface area contributed by atoms with E-state index in [-0.39, 0.29) is 24.3 Å². The molecule has 0 saturated carbocycles. The Morgan fingerprint density at radius 2 is 1.73 bits per heavy atom. The first-order valence-electron chi connectivity index (χ1n) is 12.7. The molecule has 9 nitrogen and oxygen atoms in total. The number of nitrogens with zero attached hydrogens (tertiary/aromatic N) is 1. The van der Waals surface area contributed by atoms with Crippen LogP contribution in [0.5, 0.6) is 5.75 Å². The van der Waals surface area contributed by atoms with Gasteiger partial charge in [0.1, 0.15) is 17.4 Å². The normalized spacial score (nSPS) is 28.8. The first-order chi connectivity index (χ1) is 17.8. The topological polar surface area (TPSA) is 117 Å². The Morgan fingerprint density at radius 3 is 2.35 bits per heavy atom. The maximum atomic E-state index is 14.1. The Morgan fingerprint density at radius 1 is 1.08 bits per heavy atom. The van der Waals surface area contributed by atoms with Gasteiger partial charge in [0.25, 0.3) is 0 Å². The largest absolute Gasteiger partial charge is 0.497 e. The minimum atomic E-state index is -1.14. The number of fused-ring (bicyclic) bond motifs is 1. The smallest absolute Gasteiger partial charge is 0.250 e. The van der Waals surface area contributed by atoms with Crippen molar-refractivity contribution in [2.45, 2.75) is 50.5 Å². The van der Waals surface area contributed by atoms with E-state index < -0.39 is 41.5 Å². The van der Waals surface area contributed by atoms with Crippen LogP contribution in [0.4, 0.5) is 11.4 Å². The zero-order valence-electron chi connectivity index (χ0n) is 21.2. The first kappa shape index (κ1) is 25.2. The molecule has 6 atom stereocenters. The van der Waals surface area contributed by atoms with Gasteiger partial charge < -0.3 is 30.1 Å². The average Bonchev–Trinajstić information content (AvgIpc) is 3.53. The summed E-state index contributed by atoms with van der Waals surface area (Å²) in [7, 11) is 1.56. The molecule has 3 saturated heterocycles. The number of likely N-dealkylation sites (tertiary alicyclic amines) is 1. The highest BCUT2D eigenvalue weighted by molar-refractivity contribution is 6.05. The van der Waals surface area contributed by atoms with Crippen LogP contribution in [-0.4, -0.2) is 65.2 Å². The number of anilines is 2. The summed E-state index contributed by atoms with van der Waals surface area (Å²) in [5.74, 6) is -2.02. The summed E-state index contributed by atoms with van der Waals surface area (Å²) in [6, 6.07) is 14.4. The van der Waals surface area contributed by atoms with Gasteiger partial charge in [-0.25, -0.2) is 0 Å². The molecule has 3 aliphatic heterocycles. The van der Waals surface area contributed by atoms with Gasteiger partial charge >= 0.3 is 0 Å². The van der Waals surface area contributed by atoms with Crippen molar-refractivity contribution in [3.63, 3.8) is 0 Å². The molecule has 3 N–H and O–H groups in total. The molecule has 0 radical (unpaired) electrons. The monoisotopic (exact) mass is 507 g/mol. The zero-order valence-corrected chi connectivity index (χ0v) is 21.2. The molecule has 2 unspecified atom stereocenters. The summed E-state index contributed by atoms with van der Waals surface area (Å²) in [5.41, 5.74) is 0.0455. The maximum Gasteiger partial charge on any atom is 0.250 e. The fraction of sp³-hybridized carbons (Fsp3) is 0.464. The number of aliphatic hydroxyl groups excluding tert-OH is 1. The number of aliphatic hydroxyl groups is 1. The lowest BCUT2D eigenvalue weighted by atomic mass is 9.70. The number of carbonyl (C=O) groups is 3. The predicted octanol–water partition coefficient (Wildman–Crippen LogP) is 2.66. The molecule has 196 valence electrons. The number of hydrogen-bond donors (Lipinski definition) is 3. The molecule has 3 amide bonds. The highest BCUT2D eigenvalue weighted by Gasteiger charge is 2.75. The minimum absolute atomic E-state index is 0.116. The number of hydrogen-bond acceptors (Lipinski definition) is 6. The lowest BCUT2D eigenvalue weighted by molar-refractivity contribution is -0.144. The molecule has 0 aromatic heterocycles. The number of rotatable bonds is 8. The van der Waals surface area contributed by atoms with E-state index >= 15 is 0 Å². The van der Waals surface area contributed by atoms with Gasteiger partial charge in [0.15, 0.2) is 0 Å². The third kappa shape index (κ3) is 4.16. The third-order valence-corrected chi connectivity index (χ3v) is 8.00. The quantitative estimate of drug-likeness (QED) is 0.506. The average molecular weight is 508 g/mol. The Bertz CT molecular complexity index is 1170. The Labute approximate surface area is 216 Å². The van der Waals surface area contributed by atoms with Gasteiger partial charge in [-0.2, -0.15) is 0 Å². The summed E-state index contributed by atoms with van der Waals surface area (Å²) < 4.78 is 11.7. The van der Waals surface area contributed by atoms with Gasteiger partial charge in [-0.05, 0) is 55.2 Å². The van der Waals surface area contributed by atoms with E-state index in [0.29, 0.717) is 30.0 Å². The van der Waals surface area contributed by atoms with E-state index in [2.05, 4.69) is 10.6 Å². The summed E-state index contributed by atoms with van der Waals surface area (Å²) in [4.78, 5) is 42.9. The molecule has 3 aliphatic rings. The van der Waals surface area contributed by atoms with Gasteiger partial charge in [-0.1, -0.05) is 32.0 Å². The van der Waals surface area contributed by atoms with Gasteiger partial charge in [0.2, 0.25) is 17.7 Å². The van der Waals surface area contributed by atoms with E-state index in [9.17, 15) is 19.5 Å². The van der Waals surface area contributed by atoms with E-state index in [1.54, 1.807) is 43.5 Å². The molecule has 37 heavy (non-hydrogen) atoms. The molecular weight excluding hydrogens is 474 g/mol. The van der Waals surface area contributed by atoms with Gasteiger partial charge in [-0.15, -0.1) is 0 Å². The molecule has 3 fully saturated rings. The summed E-state index contributed by atoms with van der Waals surface area (Å²) >= 11 is 0. The van der Waals surface area contributed by atoms with E-state index in [4.69, 9.17) is 9.47 Å². The fourth-order valence-electron chi connectivity index (χ4n) is 6.30. The van der Waals surface area contributed by atoms with Gasteiger partial charge in [0, 0.05) is 11.4 Å². The first-order valence-corrected chi connectivity index (χ1v) is 12.7. The van der Waals surface area contributed by atoms with Crippen molar-refractivity contribution in [1.82, 2.24) is 4.90 Å². The number of para-hydroxylation sites is 1. The molecule has 3 heterocycles. The Balaban J connectivity index is 1.49. The standard InChI is InChI=1S/C28H33N3O6/c1-16(2)20(15-32)31-24(26(34)30-18-9-11-19(36-3)12-10-18)28-14-13-21(37-28)22(23(28)27(31)35)25(33)29-17-7-5-4-6-8-17/h4-12,16,20-24,32H,13-15H2,1-3H3,(H,29,33)(H,30,34)/t20-,21+,22-,23-,24?,28?/m0/s1. The predicted molar refractivity (Wildman–Crippen MR) is 137 cm³/mol. The van der Waals surface area contributed by atoms with Gasteiger partial charge in [-0.3, -0.25) is 14.4 Å². The highest BCUT2D eigenvalue weighted by Crippen LogP contribution is 2.59. The summed E-state index contributed by atoms with van der Waals surface area (Å²) in [6.45, 7) is 3.50. The van der Waals surface area contributed by atoms with Crippen molar-refractivity contribution in [1.29, 1.82) is 0 Å². The zero-order chi connectivity index (χ0) is 26.3. The lowest BCUT2D eigenvalue weighted by Crippen LogP contribution is -2.57. The molecule has 1 spiro atoms. The van der Waals surface area contributed by atoms with Crippen LogP contribution >= 0.6 is 0 Å². The second-order valence-corrected chi connectivity index (χ2v) is 10.4. The van der Waals surface area contributed by atoms with Crippen molar-refractivity contribution >= 4 is 29.1 Å². The molecule has 5 rings (SSSR count). The SMILES string of the molecule is COc1ccc(NC(=O)C2N([C@@H](CO)C(C)C)C(=O)[C@@H]3[C@@H](C(=O)Nc4ccccc4)[C@H]4CCC23O4)cc1. The summed E-state index contributed by atoms with van der Waals surface area (Å²) in [5, 5.41) is 16.1. The van der Waals surface area contributed by atoms with Crippen molar-refractivity contribution < 1.29 is 29.0 Å². The minimum Gasteiger partial charge on any atom is -0.497 e. The maximum absolute atomic E-state index is 14.1. The van der Waals surface area contributed by atoms with Gasteiger partial charge in [0.05, 0.1) is 37.7 Å². The molecule has 2 aromatic rings. The van der Waals surface area contributed by atoms with Crippen LogP contribution in [0, 0.1) is 17.8 Å². The Hall–Kier alpha value is -3.43. The molecule has 0 aliphatic carbocycles. The van der Waals surface area contributed by atoms with Crippen molar-refractivity contribution in [3.8, 4) is 5.75 Å². The molecular formula is C28H33N3O6. The number of methoxy groups -OCH3 is 1. The number of benzene rings is 2. The number of ether oxygens (including phenoxy) is 2. The van der Waals surface area contributed by atoms with Crippen LogP contribution in [0.3, 0.4) is 0 Å². The lowest BCUT2D eigenvalue weighted by Gasteiger charge is -2.38. The fourth-order valence-corrected chi connectivity index (χ4v) is 6.30. The third-order valence-electron chi connectivity index (χ3n) is 8.00. The van der Waals surface area contributed by atoms with E-state index in [1.807, 2.05) is 32.0 Å². The summed E-state index contributed by atoms with van der Waals surface area (Å²) in [6.07, 6.45) is 0.599. The van der Waals surface area contributed by atoms with Crippen molar-refractivity contribution in [2.24, 2.45) is 17.8 Å². The molecule has 9 heteroatoms. The van der Waals surface area contributed by atoms with Crippen LogP contribution in [0.2, 0.25) is 0 Å². The van der Waals surface area contributed by atoms with Crippen LogP contribution in [0.1, 0.15) is 26.7 Å². The number of carbonyl (C=O) groups excluding carboxylic acids is 3.